The summed E-state index contributed by atoms with van der Waals surface area (Å²) < 4.78 is 11.3. The molecule has 2 aromatic carbocycles. The molecule has 1 heterocycles. The summed E-state index contributed by atoms with van der Waals surface area (Å²) in [5.74, 6) is 1.97. The van der Waals surface area contributed by atoms with Gasteiger partial charge in [0.2, 0.25) is 5.91 Å². The fourth-order valence-corrected chi connectivity index (χ4v) is 3.37. The molecular formula is C20H21NO3S. The van der Waals surface area contributed by atoms with Crippen LogP contribution in [-0.4, -0.2) is 25.3 Å². The van der Waals surface area contributed by atoms with Crippen molar-refractivity contribution in [3.8, 4) is 0 Å². The van der Waals surface area contributed by atoms with Crippen LogP contribution in [0, 0.1) is 0 Å². The Labute approximate surface area is 151 Å². The normalized spacial score (nSPS) is 12.2. The van der Waals surface area contributed by atoms with Crippen LogP contribution in [0.15, 0.2) is 65.1 Å². The molecule has 1 atom stereocenters. The number of rotatable bonds is 8. The summed E-state index contributed by atoms with van der Waals surface area (Å²) in [6, 6.07) is 19.9. The van der Waals surface area contributed by atoms with E-state index in [4.69, 9.17) is 9.15 Å². The second-order valence-electron chi connectivity index (χ2n) is 5.69. The Morgan fingerprint density at radius 1 is 1.16 bits per heavy atom. The quantitative estimate of drug-likeness (QED) is 0.659. The Hall–Kier alpha value is -2.24. The van der Waals surface area contributed by atoms with Crippen molar-refractivity contribution in [2.24, 2.45) is 0 Å². The van der Waals surface area contributed by atoms with Crippen LogP contribution in [0.5, 0.6) is 0 Å². The van der Waals surface area contributed by atoms with Gasteiger partial charge in [-0.3, -0.25) is 4.79 Å². The van der Waals surface area contributed by atoms with E-state index < -0.39 is 0 Å². The minimum absolute atomic E-state index is 0.000841. The standard InChI is InChI=1S/C20H21NO3S/c1-23-19(18-11-16-9-5-6-10-17(16)24-18)12-21-20(22)14-25-13-15-7-3-2-4-8-15/h2-11,19H,12-14H2,1H3,(H,21,22)/t19-/m0/s1. The molecule has 4 nitrogen and oxygen atoms in total. The maximum absolute atomic E-state index is 12.0. The Morgan fingerprint density at radius 2 is 1.92 bits per heavy atom. The Kier molecular flexibility index (Phi) is 6.14. The van der Waals surface area contributed by atoms with Gasteiger partial charge in [-0.1, -0.05) is 48.5 Å². The fraction of sp³-hybridized carbons (Fsp3) is 0.250. The molecule has 0 bridgehead atoms. The van der Waals surface area contributed by atoms with Crippen molar-refractivity contribution in [3.05, 3.63) is 72.0 Å². The lowest BCUT2D eigenvalue weighted by Crippen LogP contribution is -2.30. The highest BCUT2D eigenvalue weighted by molar-refractivity contribution is 7.99. The van der Waals surface area contributed by atoms with Gasteiger partial charge in [-0.15, -0.1) is 11.8 Å². The van der Waals surface area contributed by atoms with E-state index in [1.165, 1.54) is 5.56 Å². The van der Waals surface area contributed by atoms with Gasteiger partial charge in [0, 0.05) is 18.2 Å². The summed E-state index contributed by atoms with van der Waals surface area (Å²) in [6.07, 6.45) is -0.296. The number of nitrogens with one attached hydrogen (secondary N) is 1. The third kappa shape index (κ3) is 4.87. The molecule has 0 fully saturated rings. The molecule has 0 saturated heterocycles. The van der Waals surface area contributed by atoms with Gasteiger partial charge in [-0.05, 0) is 17.7 Å². The van der Waals surface area contributed by atoms with Crippen molar-refractivity contribution in [2.45, 2.75) is 11.9 Å². The first-order valence-corrected chi connectivity index (χ1v) is 9.31. The monoisotopic (exact) mass is 355 g/mol. The molecule has 3 aromatic rings. The van der Waals surface area contributed by atoms with E-state index in [1.54, 1.807) is 18.9 Å². The van der Waals surface area contributed by atoms with E-state index in [9.17, 15) is 4.79 Å². The van der Waals surface area contributed by atoms with Crippen LogP contribution < -0.4 is 5.32 Å². The SMILES string of the molecule is CO[C@@H](CNC(=O)CSCc1ccccc1)c1cc2ccccc2o1. The van der Waals surface area contributed by atoms with E-state index in [1.807, 2.05) is 48.5 Å². The maximum atomic E-state index is 12.0. The van der Waals surface area contributed by atoms with Crippen molar-refractivity contribution >= 4 is 28.6 Å². The molecule has 1 aromatic heterocycles. The number of fused-ring (bicyclic) bond motifs is 1. The molecule has 0 radical (unpaired) electrons. The van der Waals surface area contributed by atoms with E-state index >= 15 is 0 Å². The summed E-state index contributed by atoms with van der Waals surface area (Å²) in [5.41, 5.74) is 2.04. The largest absolute Gasteiger partial charge is 0.458 e. The van der Waals surface area contributed by atoms with Gasteiger partial charge in [-0.2, -0.15) is 0 Å². The second-order valence-corrected chi connectivity index (χ2v) is 6.68. The molecule has 0 aliphatic carbocycles. The maximum Gasteiger partial charge on any atom is 0.230 e. The number of para-hydroxylation sites is 1. The molecule has 0 spiro atoms. The lowest BCUT2D eigenvalue weighted by molar-refractivity contribution is -0.119. The van der Waals surface area contributed by atoms with Crippen molar-refractivity contribution < 1.29 is 13.9 Å². The Morgan fingerprint density at radius 3 is 2.68 bits per heavy atom. The molecule has 0 aliphatic heterocycles. The highest BCUT2D eigenvalue weighted by atomic mass is 32.2. The molecule has 0 aliphatic rings. The number of carbonyl (C=O) groups excluding carboxylic acids is 1. The Balaban J connectivity index is 1.48. The van der Waals surface area contributed by atoms with Crippen LogP contribution in [0.2, 0.25) is 0 Å². The van der Waals surface area contributed by atoms with Crippen molar-refractivity contribution in [1.82, 2.24) is 5.32 Å². The summed E-state index contributed by atoms with van der Waals surface area (Å²) in [6.45, 7) is 0.390. The highest BCUT2D eigenvalue weighted by Crippen LogP contribution is 2.25. The Bertz CT molecular complexity index is 783. The molecule has 0 unspecified atom stereocenters. The second kappa shape index (κ2) is 8.74. The van der Waals surface area contributed by atoms with Gasteiger partial charge in [-0.25, -0.2) is 0 Å². The van der Waals surface area contributed by atoms with Crippen LogP contribution in [0.3, 0.4) is 0 Å². The first-order chi connectivity index (χ1) is 12.3. The zero-order chi connectivity index (χ0) is 17.5. The zero-order valence-electron chi connectivity index (χ0n) is 14.1. The minimum atomic E-state index is -0.296. The van der Waals surface area contributed by atoms with Crippen LogP contribution >= 0.6 is 11.8 Å². The summed E-state index contributed by atoms with van der Waals surface area (Å²) in [5, 5.41) is 3.95. The molecule has 25 heavy (non-hydrogen) atoms. The van der Waals surface area contributed by atoms with Crippen LogP contribution in [0.25, 0.3) is 11.0 Å². The number of thioether (sulfide) groups is 1. The predicted octanol–water partition coefficient (Wildman–Crippen LogP) is 4.17. The molecule has 1 amide bonds. The van der Waals surface area contributed by atoms with Crippen LogP contribution in [0.1, 0.15) is 17.4 Å². The number of hydrogen-bond donors (Lipinski definition) is 1. The van der Waals surface area contributed by atoms with Gasteiger partial charge in [0.05, 0.1) is 12.3 Å². The molecule has 1 N–H and O–H groups in total. The van der Waals surface area contributed by atoms with Crippen molar-refractivity contribution in [1.29, 1.82) is 0 Å². The van der Waals surface area contributed by atoms with E-state index in [0.717, 1.165) is 22.5 Å². The van der Waals surface area contributed by atoms with E-state index in [0.29, 0.717) is 12.3 Å². The number of methoxy groups -OCH3 is 1. The highest BCUT2D eigenvalue weighted by Gasteiger charge is 2.16. The first-order valence-electron chi connectivity index (χ1n) is 8.16. The lowest BCUT2D eigenvalue weighted by Gasteiger charge is -2.13. The first kappa shape index (κ1) is 17.6. The molecule has 3 rings (SSSR count). The van der Waals surface area contributed by atoms with Crippen LogP contribution in [0.4, 0.5) is 0 Å². The summed E-state index contributed by atoms with van der Waals surface area (Å²) >= 11 is 1.60. The number of amides is 1. The van der Waals surface area contributed by atoms with Crippen LogP contribution in [-0.2, 0) is 15.3 Å². The third-order valence-corrected chi connectivity index (χ3v) is 4.88. The predicted molar refractivity (Wildman–Crippen MR) is 102 cm³/mol. The molecule has 5 heteroatoms. The van der Waals surface area contributed by atoms with Gasteiger partial charge in [0.15, 0.2) is 0 Å². The third-order valence-electron chi connectivity index (χ3n) is 3.88. The number of benzene rings is 2. The average molecular weight is 355 g/mol. The van der Waals surface area contributed by atoms with E-state index in [-0.39, 0.29) is 12.0 Å². The summed E-state index contributed by atoms with van der Waals surface area (Å²) in [7, 11) is 1.62. The zero-order valence-corrected chi connectivity index (χ0v) is 14.9. The minimum Gasteiger partial charge on any atom is -0.458 e. The van der Waals surface area contributed by atoms with Gasteiger partial charge in [0.25, 0.3) is 0 Å². The molecule has 0 saturated carbocycles. The van der Waals surface area contributed by atoms with Gasteiger partial charge in [0.1, 0.15) is 17.4 Å². The lowest BCUT2D eigenvalue weighted by atomic mass is 10.2. The summed E-state index contributed by atoms with van der Waals surface area (Å²) in [4.78, 5) is 12.0. The van der Waals surface area contributed by atoms with Crippen molar-refractivity contribution in [3.63, 3.8) is 0 Å². The fourth-order valence-electron chi connectivity index (χ4n) is 2.55. The van der Waals surface area contributed by atoms with Gasteiger partial charge >= 0.3 is 0 Å². The smallest absolute Gasteiger partial charge is 0.230 e. The topological polar surface area (TPSA) is 51.5 Å². The number of ether oxygens (including phenoxy) is 1. The number of hydrogen-bond acceptors (Lipinski definition) is 4. The molecular weight excluding hydrogens is 334 g/mol. The van der Waals surface area contributed by atoms with Crippen molar-refractivity contribution in [2.75, 3.05) is 19.4 Å². The number of carbonyl (C=O) groups is 1. The van der Waals surface area contributed by atoms with E-state index in [2.05, 4.69) is 17.4 Å². The average Bonchev–Trinajstić information content (AvgIpc) is 3.07. The number of furan rings is 1. The van der Waals surface area contributed by atoms with Gasteiger partial charge < -0.3 is 14.5 Å². The molecule has 130 valence electrons.